The highest BCUT2D eigenvalue weighted by atomic mass is 32.1. The molecule has 2 heterocycles. The van der Waals surface area contributed by atoms with Gasteiger partial charge in [-0.05, 0) is 49.6 Å². The molecule has 0 unspecified atom stereocenters. The van der Waals surface area contributed by atoms with Gasteiger partial charge < -0.3 is 10.1 Å². The van der Waals surface area contributed by atoms with E-state index in [2.05, 4.69) is 28.3 Å². The van der Waals surface area contributed by atoms with Crippen LogP contribution in [0.15, 0.2) is 17.6 Å². The number of hydrogen-bond donors (Lipinski definition) is 2. The first-order valence-electron chi connectivity index (χ1n) is 6.51. The Hall–Kier alpha value is -1.13. The zero-order chi connectivity index (χ0) is 12.5. The lowest BCUT2D eigenvalue weighted by Crippen LogP contribution is -2.17. The third kappa shape index (κ3) is 2.22. The Bertz CT molecular complexity index is 523. The molecule has 1 saturated carbocycles. The molecule has 96 valence electrons. The van der Waals surface area contributed by atoms with E-state index in [1.807, 2.05) is 6.20 Å². The summed E-state index contributed by atoms with van der Waals surface area (Å²) < 4.78 is 0. The van der Waals surface area contributed by atoms with Gasteiger partial charge in [-0.15, -0.1) is 11.3 Å². The maximum atomic E-state index is 9.54. The summed E-state index contributed by atoms with van der Waals surface area (Å²) in [6.07, 6.45) is 5.72. The van der Waals surface area contributed by atoms with Gasteiger partial charge >= 0.3 is 0 Å². The topological polar surface area (TPSA) is 48.9 Å². The largest absolute Gasteiger partial charge is 0.393 e. The summed E-state index contributed by atoms with van der Waals surface area (Å²) in [6, 6.07) is 2.14. The summed E-state index contributed by atoms with van der Waals surface area (Å²) in [5, 5.41) is 11.6. The molecule has 0 bridgehead atoms. The van der Waals surface area contributed by atoms with Crippen molar-refractivity contribution in [2.75, 3.05) is 0 Å². The first kappa shape index (κ1) is 11.9. The lowest BCUT2D eigenvalue weighted by molar-refractivity contribution is 0.121. The van der Waals surface area contributed by atoms with E-state index in [1.165, 1.54) is 10.4 Å². The minimum absolute atomic E-state index is 0.102. The maximum Gasteiger partial charge on any atom is 0.109 e. The Balaban J connectivity index is 1.80. The minimum Gasteiger partial charge on any atom is -0.393 e. The Morgan fingerprint density at radius 2 is 2.11 bits per heavy atom. The summed E-state index contributed by atoms with van der Waals surface area (Å²) in [7, 11) is 0. The Labute approximate surface area is 111 Å². The van der Waals surface area contributed by atoms with Crippen molar-refractivity contribution in [1.29, 1.82) is 0 Å². The third-order valence-electron chi connectivity index (χ3n) is 3.79. The zero-order valence-electron chi connectivity index (χ0n) is 10.5. The summed E-state index contributed by atoms with van der Waals surface area (Å²) in [5.41, 5.74) is 2.43. The van der Waals surface area contributed by atoms with Gasteiger partial charge in [0.1, 0.15) is 5.82 Å². The maximum absolute atomic E-state index is 9.54. The van der Waals surface area contributed by atoms with E-state index in [0.29, 0.717) is 5.92 Å². The number of aliphatic hydroxyl groups excluding tert-OH is 1. The molecule has 2 N–H and O–H groups in total. The number of aryl methyl sites for hydroxylation is 1. The number of nitrogens with one attached hydrogen (secondary N) is 1. The van der Waals surface area contributed by atoms with Crippen molar-refractivity contribution in [2.45, 2.75) is 44.6 Å². The number of aliphatic hydroxyl groups is 1. The van der Waals surface area contributed by atoms with Crippen molar-refractivity contribution in [3.63, 3.8) is 0 Å². The van der Waals surface area contributed by atoms with Crippen LogP contribution in [0.25, 0.3) is 10.6 Å². The number of aromatic amines is 1. The van der Waals surface area contributed by atoms with Crippen LogP contribution in [0, 0.1) is 6.92 Å². The van der Waals surface area contributed by atoms with Gasteiger partial charge in [0.15, 0.2) is 0 Å². The van der Waals surface area contributed by atoms with Crippen LogP contribution in [0.4, 0.5) is 0 Å². The molecule has 1 fully saturated rings. The monoisotopic (exact) mass is 262 g/mol. The fourth-order valence-electron chi connectivity index (χ4n) is 2.66. The predicted molar refractivity (Wildman–Crippen MR) is 73.9 cm³/mol. The second-order valence-electron chi connectivity index (χ2n) is 5.12. The van der Waals surface area contributed by atoms with Crippen LogP contribution in [0.2, 0.25) is 0 Å². The van der Waals surface area contributed by atoms with E-state index in [9.17, 15) is 5.11 Å². The predicted octanol–water partition coefficient (Wildman–Crippen LogP) is 3.47. The number of hydrogen-bond acceptors (Lipinski definition) is 3. The van der Waals surface area contributed by atoms with Crippen LogP contribution in [-0.2, 0) is 0 Å². The second-order valence-corrected chi connectivity index (χ2v) is 6.04. The van der Waals surface area contributed by atoms with Crippen molar-refractivity contribution in [2.24, 2.45) is 0 Å². The summed E-state index contributed by atoms with van der Waals surface area (Å²) >= 11 is 1.75. The van der Waals surface area contributed by atoms with Crippen molar-refractivity contribution in [1.82, 2.24) is 9.97 Å². The number of H-pyrrole nitrogens is 1. The Kier molecular flexibility index (Phi) is 3.22. The molecule has 2 aromatic heterocycles. The van der Waals surface area contributed by atoms with Gasteiger partial charge in [0.2, 0.25) is 0 Å². The van der Waals surface area contributed by atoms with Crippen LogP contribution in [0.3, 0.4) is 0 Å². The number of rotatable bonds is 2. The highest BCUT2D eigenvalue weighted by molar-refractivity contribution is 7.13. The van der Waals surface area contributed by atoms with Gasteiger partial charge in [-0.25, -0.2) is 4.98 Å². The lowest BCUT2D eigenvalue weighted by Gasteiger charge is -2.23. The van der Waals surface area contributed by atoms with Gasteiger partial charge in [0, 0.05) is 5.92 Å². The third-order valence-corrected chi connectivity index (χ3v) is 4.84. The van der Waals surface area contributed by atoms with Crippen LogP contribution >= 0.6 is 11.3 Å². The van der Waals surface area contributed by atoms with Gasteiger partial charge in [-0.3, -0.25) is 0 Å². The highest BCUT2D eigenvalue weighted by Gasteiger charge is 2.23. The quantitative estimate of drug-likeness (QED) is 0.870. The van der Waals surface area contributed by atoms with E-state index < -0.39 is 0 Å². The molecule has 0 saturated heterocycles. The first-order chi connectivity index (χ1) is 8.74. The average Bonchev–Trinajstić information content (AvgIpc) is 2.98. The van der Waals surface area contributed by atoms with Gasteiger partial charge in [-0.2, -0.15) is 0 Å². The number of imidazole rings is 1. The summed E-state index contributed by atoms with van der Waals surface area (Å²) in [6.45, 7) is 2.13. The van der Waals surface area contributed by atoms with Crippen molar-refractivity contribution in [3.05, 3.63) is 29.0 Å². The van der Waals surface area contributed by atoms with Gasteiger partial charge in [0.25, 0.3) is 0 Å². The highest BCUT2D eigenvalue weighted by Crippen LogP contribution is 2.33. The fraction of sp³-hybridized carbons (Fsp3) is 0.500. The summed E-state index contributed by atoms with van der Waals surface area (Å²) in [4.78, 5) is 9.27. The van der Waals surface area contributed by atoms with Gasteiger partial charge in [0.05, 0.1) is 22.9 Å². The number of nitrogens with zero attached hydrogens (tertiary/aromatic N) is 1. The van der Waals surface area contributed by atoms with Crippen LogP contribution < -0.4 is 0 Å². The van der Waals surface area contributed by atoms with Crippen LogP contribution in [0.5, 0.6) is 0 Å². The molecular weight excluding hydrogens is 244 g/mol. The van der Waals surface area contributed by atoms with E-state index in [4.69, 9.17) is 0 Å². The fourth-order valence-corrected chi connectivity index (χ4v) is 3.55. The molecule has 3 rings (SSSR count). The minimum atomic E-state index is -0.102. The van der Waals surface area contributed by atoms with E-state index in [-0.39, 0.29) is 6.10 Å². The number of aromatic nitrogens is 2. The van der Waals surface area contributed by atoms with Crippen LogP contribution in [0.1, 0.15) is 43.0 Å². The molecule has 0 aromatic carbocycles. The lowest BCUT2D eigenvalue weighted by atomic mass is 9.87. The molecule has 0 atom stereocenters. The molecule has 1 aliphatic rings. The molecule has 0 spiro atoms. The Morgan fingerprint density at radius 3 is 2.78 bits per heavy atom. The smallest absolute Gasteiger partial charge is 0.109 e. The SMILES string of the molecule is Cc1ccsc1-c1cnc(C2CCC(O)CC2)[nH]1. The van der Waals surface area contributed by atoms with Crippen molar-refractivity contribution in [3.8, 4) is 10.6 Å². The van der Waals surface area contributed by atoms with Crippen molar-refractivity contribution < 1.29 is 5.11 Å². The molecule has 0 amide bonds. The number of thiophene rings is 1. The van der Waals surface area contributed by atoms with Crippen LogP contribution in [-0.4, -0.2) is 21.2 Å². The molecule has 0 aliphatic heterocycles. The standard InChI is InChI=1S/C14H18N2OS/c1-9-6-7-18-13(9)12-8-15-14(16-12)10-2-4-11(17)5-3-10/h6-8,10-11,17H,2-5H2,1H3,(H,15,16). The normalized spacial score (nSPS) is 24.3. The molecule has 3 nitrogen and oxygen atoms in total. The van der Waals surface area contributed by atoms with E-state index in [0.717, 1.165) is 37.2 Å². The molecule has 1 aliphatic carbocycles. The van der Waals surface area contributed by atoms with Crippen molar-refractivity contribution >= 4 is 11.3 Å². The molecule has 2 aromatic rings. The molecule has 0 radical (unpaired) electrons. The molecular formula is C14H18N2OS. The summed E-state index contributed by atoms with van der Waals surface area (Å²) in [5.74, 6) is 1.58. The zero-order valence-corrected chi connectivity index (χ0v) is 11.3. The molecule has 4 heteroatoms. The van der Waals surface area contributed by atoms with Gasteiger partial charge in [-0.1, -0.05) is 0 Å². The first-order valence-corrected chi connectivity index (χ1v) is 7.39. The van der Waals surface area contributed by atoms with E-state index in [1.54, 1.807) is 11.3 Å². The Morgan fingerprint density at radius 1 is 1.33 bits per heavy atom. The average molecular weight is 262 g/mol. The second kappa shape index (κ2) is 4.86. The van der Waals surface area contributed by atoms with E-state index >= 15 is 0 Å². The molecule has 18 heavy (non-hydrogen) atoms.